The Morgan fingerprint density at radius 3 is 2.62 bits per heavy atom. The van der Waals surface area contributed by atoms with Crippen molar-refractivity contribution in [3.05, 3.63) is 64.3 Å². The number of pyridine rings is 1. The summed E-state index contributed by atoms with van der Waals surface area (Å²) >= 11 is 0. The van der Waals surface area contributed by atoms with Crippen LogP contribution in [0.3, 0.4) is 0 Å². The van der Waals surface area contributed by atoms with Crippen LogP contribution in [0.5, 0.6) is 0 Å². The Morgan fingerprint density at radius 2 is 2.00 bits per heavy atom. The van der Waals surface area contributed by atoms with Gasteiger partial charge in [0, 0.05) is 53.3 Å². The number of carbonyl (C=O) groups excluding carboxylic acids is 1. The molecule has 6 rings (SSSR count). The van der Waals surface area contributed by atoms with Crippen LogP contribution in [0.15, 0.2) is 52.2 Å². The van der Waals surface area contributed by atoms with Gasteiger partial charge < -0.3 is 18.6 Å². The van der Waals surface area contributed by atoms with E-state index in [1.807, 2.05) is 6.07 Å². The SMILES string of the molecule is CCOC(=O)c1cn2c(cc1=O)-c1cc(N3CCC3)c(-c3ccoc3)cc1CC21CCC1. The van der Waals surface area contributed by atoms with Crippen LogP contribution in [0, 0.1) is 0 Å². The molecule has 0 unspecified atom stereocenters. The smallest absolute Gasteiger partial charge is 0.343 e. The Morgan fingerprint density at radius 1 is 1.16 bits per heavy atom. The van der Waals surface area contributed by atoms with Gasteiger partial charge in [-0.15, -0.1) is 0 Å². The van der Waals surface area contributed by atoms with Gasteiger partial charge in [-0.25, -0.2) is 4.79 Å². The summed E-state index contributed by atoms with van der Waals surface area (Å²) in [7, 11) is 0. The number of fused-ring (bicyclic) bond motifs is 4. The largest absolute Gasteiger partial charge is 0.472 e. The summed E-state index contributed by atoms with van der Waals surface area (Å²) in [4.78, 5) is 27.7. The summed E-state index contributed by atoms with van der Waals surface area (Å²) in [5.74, 6) is -0.537. The van der Waals surface area contributed by atoms with Gasteiger partial charge in [-0.1, -0.05) is 0 Å². The first-order chi connectivity index (χ1) is 15.6. The molecule has 32 heavy (non-hydrogen) atoms. The van der Waals surface area contributed by atoms with Crippen molar-refractivity contribution >= 4 is 11.7 Å². The Hall–Kier alpha value is -3.28. The van der Waals surface area contributed by atoms with Crippen molar-refractivity contribution in [2.45, 2.75) is 44.6 Å². The highest BCUT2D eigenvalue weighted by Gasteiger charge is 2.44. The average molecular weight is 431 g/mol. The number of nitrogens with zero attached hydrogens (tertiary/aromatic N) is 2. The van der Waals surface area contributed by atoms with Gasteiger partial charge in [-0.05, 0) is 62.8 Å². The minimum atomic E-state index is -0.537. The number of anilines is 1. The Balaban J connectivity index is 1.57. The molecule has 1 spiro atoms. The van der Waals surface area contributed by atoms with E-state index in [0.717, 1.165) is 55.6 Å². The van der Waals surface area contributed by atoms with Crippen molar-refractivity contribution in [1.82, 2.24) is 4.57 Å². The Labute approximate surface area is 186 Å². The molecule has 3 aliphatic rings. The summed E-state index contributed by atoms with van der Waals surface area (Å²) in [5.41, 5.74) is 6.47. The zero-order chi connectivity index (χ0) is 21.9. The van der Waals surface area contributed by atoms with Gasteiger partial charge in [0.1, 0.15) is 5.56 Å². The monoisotopic (exact) mass is 430 g/mol. The fourth-order valence-electron chi connectivity index (χ4n) is 5.42. The second-order valence-electron chi connectivity index (χ2n) is 9.16. The fourth-order valence-corrected chi connectivity index (χ4v) is 5.42. The lowest BCUT2D eigenvalue weighted by Gasteiger charge is -2.49. The number of hydrogen-bond donors (Lipinski definition) is 0. The molecule has 2 aliphatic heterocycles. The first-order valence-electron chi connectivity index (χ1n) is 11.5. The van der Waals surface area contributed by atoms with E-state index in [-0.39, 0.29) is 23.1 Å². The average Bonchev–Trinajstić information content (AvgIpc) is 3.25. The van der Waals surface area contributed by atoms with Gasteiger partial charge in [-0.2, -0.15) is 0 Å². The third-order valence-electron chi connectivity index (χ3n) is 7.39. The minimum absolute atomic E-state index is 0.0801. The molecule has 0 atom stereocenters. The molecule has 4 heterocycles. The predicted octanol–water partition coefficient (Wildman–Crippen LogP) is 4.60. The highest BCUT2D eigenvalue weighted by molar-refractivity contribution is 5.90. The zero-order valence-electron chi connectivity index (χ0n) is 18.2. The fraction of sp³-hybridized carbons (Fsp3) is 0.385. The lowest BCUT2D eigenvalue weighted by atomic mass is 9.69. The van der Waals surface area contributed by atoms with Crippen molar-refractivity contribution in [3.63, 3.8) is 0 Å². The van der Waals surface area contributed by atoms with Crippen molar-refractivity contribution in [2.24, 2.45) is 0 Å². The molecule has 3 aromatic rings. The quantitative estimate of drug-likeness (QED) is 0.566. The number of benzene rings is 1. The topological polar surface area (TPSA) is 64.7 Å². The predicted molar refractivity (Wildman–Crippen MR) is 122 cm³/mol. The summed E-state index contributed by atoms with van der Waals surface area (Å²) in [6.45, 7) is 4.07. The number of carbonyl (C=O) groups is 1. The van der Waals surface area contributed by atoms with Gasteiger partial charge in [0.05, 0.1) is 24.8 Å². The van der Waals surface area contributed by atoms with Crippen LogP contribution in [-0.2, 0) is 16.7 Å². The van der Waals surface area contributed by atoms with Gasteiger partial charge in [0.25, 0.3) is 0 Å². The van der Waals surface area contributed by atoms with Crippen molar-refractivity contribution in [2.75, 3.05) is 24.6 Å². The number of rotatable bonds is 4. The van der Waals surface area contributed by atoms with E-state index in [1.54, 1.807) is 31.7 Å². The molecular formula is C26H26N2O4. The van der Waals surface area contributed by atoms with E-state index < -0.39 is 5.97 Å². The Bertz CT molecular complexity index is 1260. The normalized spacial score (nSPS) is 17.8. The molecule has 0 N–H and O–H groups in total. The molecule has 1 saturated carbocycles. The van der Waals surface area contributed by atoms with Crippen molar-refractivity contribution < 1.29 is 13.9 Å². The van der Waals surface area contributed by atoms with Crippen LogP contribution in [0.25, 0.3) is 22.4 Å². The second-order valence-corrected chi connectivity index (χ2v) is 9.16. The zero-order valence-corrected chi connectivity index (χ0v) is 18.2. The molecule has 0 bridgehead atoms. The molecular weight excluding hydrogens is 404 g/mol. The third kappa shape index (κ3) is 2.78. The third-order valence-corrected chi connectivity index (χ3v) is 7.39. The molecule has 2 fully saturated rings. The maximum atomic E-state index is 12.9. The van der Waals surface area contributed by atoms with E-state index >= 15 is 0 Å². The number of ether oxygens (including phenoxy) is 1. The van der Waals surface area contributed by atoms with Crippen molar-refractivity contribution in [3.8, 4) is 22.4 Å². The van der Waals surface area contributed by atoms with Gasteiger partial charge in [0.15, 0.2) is 5.43 Å². The lowest BCUT2D eigenvalue weighted by molar-refractivity contribution is 0.0521. The lowest BCUT2D eigenvalue weighted by Crippen LogP contribution is -2.46. The van der Waals surface area contributed by atoms with E-state index in [1.165, 1.54) is 23.2 Å². The highest BCUT2D eigenvalue weighted by Crippen LogP contribution is 2.51. The molecule has 1 aliphatic carbocycles. The van der Waals surface area contributed by atoms with Crippen LogP contribution >= 0.6 is 0 Å². The van der Waals surface area contributed by atoms with Gasteiger partial charge in [-0.3, -0.25) is 4.79 Å². The van der Waals surface area contributed by atoms with E-state index in [4.69, 9.17) is 9.15 Å². The maximum Gasteiger partial charge on any atom is 0.343 e. The number of esters is 1. The molecule has 0 radical (unpaired) electrons. The van der Waals surface area contributed by atoms with E-state index in [9.17, 15) is 9.59 Å². The van der Waals surface area contributed by atoms with E-state index in [2.05, 4.69) is 21.6 Å². The first-order valence-corrected chi connectivity index (χ1v) is 11.5. The van der Waals surface area contributed by atoms with Gasteiger partial charge >= 0.3 is 5.97 Å². The molecule has 164 valence electrons. The van der Waals surface area contributed by atoms with Gasteiger partial charge in [0.2, 0.25) is 0 Å². The van der Waals surface area contributed by atoms with Crippen LogP contribution < -0.4 is 10.3 Å². The summed E-state index contributed by atoms with van der Waals surface area (Å²) in [5, 5.41) is 0. The van der Waals surface area contributed by atoms with Crippen LogP contribution in [0.1, 0.15) is 48.5 Å². The van der Waals surface area contributed by atoms with Crippen LogP contribution in [-0.4, -0.2) is 30.2 Å². The molecule has 0 amide bonds. The number of hydrogen-bond acceptors (Lipinski definition) is 5. The Kier molecular flexibility index (Phi) is 4.32. The van der Waals surface area contributed by atoms with Crippen molar-refractivity contribution in [1.29, 1.82) is 0 Å². The molecule has 6 heteroatoms. The second kappa shape index (κ2) is 7.12. The summed E-state index contributed by atoms with van der Waals surface area (Å²) in [6.07, 6.45) is 10.6. The molecule has 1 saturated heterocycles. The van der Waals surface area contributed by atoms with E-state index in [0.29, 0.717) is 0 Å². The summed E-state index contributed by atoms with van der Waals surface area (Å²) in [6, 6.07) is 8.18. The standard InChI is InChI=1S/C26H26N2O4/c1-2-32-25(30)21-15-28-23(13-24(21)29)20-12-22(27-8-4-9-27)19(17-5-10-31-16-17)11-18(20)14-26(28)6-3-7-26/h5,10-13,15-16H,2-4,6-9,14H2,1H3. The summed E-state index contributed by atoms with van der Waals surface area (Å²) < 4.78 is 12.7. The molecule has 6 nitrogen and oxygen atoms in total. The molecule has 2 aromatic heterocycles. The van der Waals surface area contributed by atoms with Crippen LogP contribution in [0.4, 0.5) is 5.69 Å². The highest BCUT2D eigenvalue weighted by atomic mass is 16.5. The number of aromatic nitrogens is 1. The minimum Gasteiger partial charge on any atom is -0.472 e. The first kappa shape index (κ1) is 19.4. The number of furan rings is 1. The van der Waals surface area contributed by atoms with Crippen LogP contribution in [0.2, 0.25) is 0 Å². The molecule has 1 aromatic carbocycles. The maximum absolute atomic E-state index is 12.9.